The molecule has 0 amide bonds. The number of nitrogens with zero attached hydrogens (tertiary/aromatic N) is 2. The Balaban J connectivity index is 1.35. The lowest BCUT2D eigenvalue weighted by atomic mass is 10.1. The van der Waals surface area contributed by atoms with Crippen LogP contribution >= 0.6 is 23.2 Å². The fourth-order valence-electron chi connectivity index (χ4n) is 3.05. The molecule has 142 valence electrons. The van der Waals surface area contributed by atoms with Crippen molar-refractivity contribution < 1.29 is 4.74 Å². The Hall–Kier alpha value is -2.04. The molecule has 0 aliphatic heterocycles. The second-order valence-electron chi connectivity index (χ2n) is 6.49. The molecule has 1 aromatic heterocycles. The van der Waals surface area contributed by atoms with Gasteiger partial charge in [-0.2, -0.15) is 0 Å². The minimum atomic E-state index is 0.349. The Bertz CT molecular complexity index is 902. The van der Waals surface area contributed by atoms with Crippen molar-refractivity contribution in [1.82, 2.24) is 9.97 Å². The van der Waals surface area contributed by atoms with Crippen LogP contribution in [-0.4, -0.2) is 16.6 Å². The lowest BCUT2D eigenvalue weighted by molar-refractivity contribution is 0.304. The van der Waals surface area contributed by atoms with Crippen LogP contribution < -0.4 is 10.5 Å². The van der Waals surface area contributed by atoms with Crippen molar-refractivity contribution in [3.63, 3.8) is 0 Å². The van der Waals surface area contributed by atoms with E-state index in [0.29, 0.717) is 28.3 Å². The number of para-hydroxylation sites is 1. The molecule has 0 spiro atoms. The van der Waals surface area contributed by atoms with Gasteiger partial charge in [-0.15, -0.1) is 0 Å². The van der Waals surface area contributed by atoms with Crippen LogP contribution in [0.1, 0.15) is 37.8 Å². The van der Waals surface area contributed by atoms with Crippen LogP contribution in [0.2, 0.25) is 10.0 Å². The summed E-state index contributed by atoms with van der Waals surface area (Å²) in [5, 5.41) is 2.27. The van der Waals surface area contributed by atoms with Gasteiger partial charge in [-0.1, -0.05) is 60.7 Å². The molecule has 0 radical (unpaired) electrons. The predicted octanol–water partition coefficient (Wildman–Crippen LogP) is 6.09. The molecule has 4 nitrogen and oxygen atoms in total. The Morgan fingerprint density at radius 2 is 1.67 bits per heavy atom. The summed E-state index contributed by atoms with van der Waals surface area (Å²) in [5.74, 6) is 1.04. The Labute approximate surface area is 169 Å². The monoisotopic (exact) mass is 403 g/mol. The number of hydrogen-bond acceptors (Lipinski definition) is 4. The molecule has 6 heteroatoms. The number of aromatic nitrogens is 2. The quantitative estimate of drug-likeness (QED) is 0.439. The first kappa shape index (κ1) is 19.7. The van der Waals surface area contributed by atoms with Gasteiger partial charge in [0.15, 0.2) is 0 Å². The van der Waals surface area contributed by atoms with Crippen molar-refractivity contribution in [3.05, 3.63) is 58.2 Å². The molecule has 2 N–H and O–H groups in total. The van der Waals surface area contributed by atoms with Crippen molar-refractivity contribution >= 4 is 40.1 Å². The maximum Gasteiger partial charge on any atom is 0.220 e. The number of fused-ring (bicyclic) bond motifs is 1. The van der Waals surface area contributed by atoms with E-state index in [1.54, 1.807) is 12.1 Å². The molecule has 3 aromatic rings. The number of nitrogens with two attached hydrogens (primary N) is 1. The van der Waals surface area contributed by atoms with E-state index in [0.717, 1.165) is 55.1 Å². The SMILES string of the molecule is Nc1nc(CCCCCCCOc2ccc(Cl)cc2Cl)c2ccccc2n1. The molecule has 0 aliphatic carbocycles. The molecule has 0 unspecified atom stereocenters. The second kappa shape index (κ2) is 9.77. The zero-order valence-corrected chi connectivity index (χ0v) is 16.6. The van der Waals surface area contributed by atoms with Crippen molar-refractivity contribution in [2.75, 3.05) is 12.3 Å². The van der Waals surface area contributed by atoms with E-state index in [1.165, 1.54) is 0 Å². The van der Waals surface area contributed by atoms with Crippen LogP contribution in [0.3, 0.4) is 0 Å². The van der Waals surface area contributed by atoms with E-state index in [-0.39, 0.29) is 0 Å². The normalized spacial score (nSPS) is 11.0. The lowest BCUT2D eigenvalue weighted by Crippen LogP contribution is -2.01. The standard InChI is InChI=1S/C21H23Cl2N3O/c22-15-11-12-20(17(23)14-15)27-13-7-3-1-2-4-9-18-16-8-5-6-10-19(16)26-21(24)25-18/h5-6,8,10-12,14H,1-4,7,9,13H2,(H2,24,25,26). The molecule has 0 saturated heterocycles. The first-order valence-corrected chi connectivity index (χ1v) is 9.98. The average molecular weight is 404 g/mol. The molecular weight excluding hydrogens is 381 g/mol. The highest BCUT2D eigenvalue weighted by atomic mass is 35.5. The van der Waals surface area contributed by atoms with E-state index < -0.39 is 0 Å². The Morgan fingerprint density at radius 3 is 2.52 bits per heavy atom. The molecular formula is C21H23Cl2N3O. The number of rotatable bonds is 9. The van der Waals surface area contributed by atoms with Crippen molar-refractivity contribution in [2.45, 2.75) is 38.5 Å². The van der Waals surface area contributed by atoms with Gasteiger partial charge in [0.05, 0.1) is 22.8 Å². The second-order valence-corrected chi connectivity index (χ2v) is 7.33. The number of halogens is 2. The minimum Gasteiger partial charge on any atom is -0.492 e. The highest BCUT2D eigenvalue weighted by Crippen LogP contribution is 2.27. The predicted molar refractivity (Wildman–Crippen MR) is 113 cm³/mol. The fourth-order valence-corrected chi connectivity index (χ4v) is 3.51. The number of aryl methyl sites for hydroxylation is 1. The molecule has 0 saturated carbocycles. The molecule has 3 rings (SSSR count). The number of anilines is 1. The zero-order chi connectivity index (χ0) is 19.1. The van der Waals surface area contributed by atoms with Crippen molar-refractivity contribution in [3.8, 4) is 5.75 Å². The van der Waals surface area contributed by atoms with Gasteiger partial charge < -0.3 is 10.5 Å². The van der Waals surface area contributed by atoms with E-state index in [4.69, 9.17) is 33.7 Å². The fraction of sp³-hybridized carbons (Fsp3) is 0.333. The Kier molecular flexibility index (Phi) is 7.13. The summed E-state index contributed by atoms with van der Waals surface area (Å²) in [6, 6.07) is 13.3. The van der Waals surface area contributed by atoms with Crippen LogP contribution in [0.4, 0.5) is 5.95 Å². The van der Waals surface area contributed by atoms with Gasteiger partial charge in [0, 0.05) is 10.4 Å². The third-order valence-electron chi connectivity index (χ3n) is 4.41. The summed E-state index contributed by atoms with van der Waals surface area (Å²) < 4.78 is 5.71. The summed E-state index contributed by atoms with van der Waals surface area (Å²) in [4.78, 5) is 8.71. The minimum absolute atomic E-state index is 0.349. The maximum absolute atomic E-state index is 6.09. The van der Waals surface area contributed by atoms with E-state index in [1.807, 2.05) is 24.3 Å². The third-order valence-corrected chi connectivity index (χ3v) is 4.94. The molecule has 0 bridgehead atoms. The first-order valence-electron chi connectivity index (χ1n) is 9.22. The topological polar surface area (TPSA) is 61.0 Å². The molecule has 2 aromatic carbocycles. The number of unbranched alkanes of at least 4 members (excludes halogenated alkanes) is 4. The van der Waals surface area contributed by atoms with E-state index in [9.17, 15) is 0 Å². The highest BCUT2D eigenvalue weighted by Gasteiger charge is 2.06. The summed E-state index contributed by atoms with van der Waals surface area (Å²) in [5.41, 5.74) is 7.78. The third kappa shape index (κ3) is 5.72. The molecule has 27 heavy (non-hydrogen) atoms. The highest BCUT2D eigenvalue weighted by molar-refractivity contribution is 6.35. The summed E-state index contributed by atoms with van der Waals surface area (Å²) in [7, 11) is 0. The number of nitrogen functional groups attached to an aromatic ring is 1. The van der Waals surface area contributed by atoms with Crippen molar-refractivity contribution in [1.29, 1.82) is 0 Å². The maximum atomic E-state index is 6.09. The first-order chi connectivity index (χ1) is 13.1. The van der Waals surface area contributed by atoms with E-state index in [2.05, 4.69) is 16.0 Å². The van der Waals surface area contributed by atoms with Gasteiger partial charge in [0.2, 0.25) is 5.95 Å². The zero-order valence-electron chi connectivity index (χ0n) is 15.1. The molecule has 0 atom stereocenters. The van der Waals surface area contributed by atoms with Crippen molar-refractivity contribution in [2.24, 2.45) is 0 Å². The number of ether oxygens (including phenoxy) is 1. The van der Waals surface area contributed by atoms with Gasteiger partial charge >= 0.3 is 0 Å². The summed E-state index contributed by atoms with van der Waals surface area (Å²) in [6.45, 7) is 0.661. The van der Waals surface area contributed by atoms with Crippen LogP contribution in [0.5, 0.6) is 5.75 Å². The summed E-state index contributed by atoms with van der Waals surface area (Å²) >= 11 is 12.0. The largest absolute Gasteiger partial charge is 0.492 e. The molecule has 0 fully saturated rings. The van der Waals surface area contributed by atoms with Crippen LogP contribution in [0.25, 0.3) is 10.9 Å². The molecule has 1 heterocycles. The molecule has 0 aliphatic rings. The average Bonchev–Trinajstić information content (AvgIpc) is 2.65. The Morgan fingerprint density at radius 1 is 0.889 bits per heavy atom. The van der Waals surface area contributed by atoms with Gasteiger partial charge in [0.1, 0.15) is 5.75 Å². The van der Waals surface area contributed by atoms with Crippen LogP contribution in [0.15, 0.2) is 42.5 Å². The summed E-state index contributed by atoms with van der Waals surface area (Å²) in [6.07, 6.45) is 6.45. The van der Waals surface area contributed by atoms with Gasteiger partial charge in [-0.25, -0.2) is 9.97 Å². The van der Waals surface area contributed by atoms with E-state index >= 15 is 0 Å². The lowest BCUT2D eigenvalue weighted by Gasteiger charge is -2.08. The number of benzene rings is 2. The number of hydrogen-bond donors (Lipinski definition) is 1. The van der Waals surface area contributed by atoms with Gasteiger partial charge in [-0.3, -0.25) is 0 Å². The smallest absolute Gasteiger partial charge is 0.220 e. The van der Waals surface area contributed by atoms with Gasteiger partial charge in [-0.05, 0) is 43.5 Å². The van der Waals surface area contributed by atoms with Gasteiger partial charge in [0.25, 0.3) is 0 Å². The van der Waals surface area contributed by atoms with Crippen LogP contribution in [0, 0.1) is 0 Å². The van der Waals surface area contributed by atoms with Crippen LogP contribution in [-0.2, 0) is 6.42 Å².